The second kappa shape index (κ2) is 6.84. The van der Waals surface area contributed by atoms with E-state index in [1.54, 1.807) is 7.11 Å². The summed E-state index contributed by atoms with van der Waals surface area (Å²) in [5.41, 5.74) is 8.93. The Balaban J connectivity index is 2.22. The van der Waals surface area contributed by atoms with Crippen molar-refractivity contribution in [3.05, 3.63) is 33.8 Å². The van der Waals surface area contributed by atoms with Gasteiger partial charge in [-0.1, -0.05) is 28.1 Å². The Morgan fingerprint density at radius 3 is 2.95 bits per heavy atom. The molecule has 1 fully saturated rings. The van der Waals surface area contributed by atoms with E-state index >= 15 is 0 Å². The molecule has 1 aliphatic heterocycles. The van der Waals surface area contributed by atoms with Gasteiger partial charge in [0.1, 0.15) is 0 Å². The van der Waals surface area contributed by atoms with Crippen molar-refractivity contribution in [3.63, 3.8) is 0 Å². The predicted octanol–water partition coefficient (Wildman–Crippen LogP) is 2.87. The van der Waals surface area contributed by atoms with E-state index in [0.717, 1.165) is 30.6 Å². The minimum atomic E-state index is 0.209. The van der Waals surface area contributed by atoms with Gasteiger partial charge in [-0.2, -0.15) is 0 Å². The van der Waals surface area contributed by atoms with Crippen LogP contribution in [0.2, 0.25) is 0 Å². The van der Waals surface area contributed by atoms with E-state index in [0.29, 0.717) is 6.04 Å². The molecule has 2 N–H and O–H groups in total. The first kappa shape index (κ1) is 15.0. The van der Waals surface area contributed by atoms with Crippen molar-refractivity contribution in [1.29, 1.82) is 0 Å². The van der Waals surface area contributed by atoms with E-state index in [1.807, 2.05) is 0 Å². The lowest BCUT2D eigenvalue weighted by Crippen LogP contribution is -2.46. The summed E-state index contributed by atoms with van der Waals surface area (Å²) in [5, 5.41) is 0. The van der Waals surface area contributed by atoms with Crippen LogP contribution in [0.1, 0.15) is 30.0 Å². The van der Waals surface area contributed by atoms with Gasteiger partial charge in [-0.05, 0) is 43.5 Å². The van der Waals surface area contributed by atoms with E-state index < -0.39 is 0 Å². The molecule has 0 saturated carbocycles. The fraction of sp³-hybridized carbons (Fsp3) is 0.600. The number of likely N-dealkylation sites (tertiary alicyclic amines) is 1. The van der Waals surface area contributed by atoms with E-state index in [1.165, 1.54) is 17.5 Å². The minimum absolute atomic E-state index is 0.209. The zero-order valence-corrected chi connectivity index (χ0v) is 13.3. The normalized spacial score (nSPS) is 24.6. The Kier molecular flexibility index (Phi) is 5.39. The van der Waals surface area contributed by atoms with Crippen LogP contribution in [0.25, 0.3) is 0 Å². The highest BCUT2D eigenvalue weighted by molar-refractivity contribution is 9.10. The van der Waals surface area contributed by atoms with Crippen LogP contribution < -0.4 is 5.73 Å². The van der Waals surface area contributed by atoms with Gasteiger partial charge in [-0.3, -0.25) is 4.90 Å². The Morgan fingerprint density at radius 2 is 2.26 bits per heavy atom. The number of piperidine rings is 1. The van der Waals surface area contributed by atoms with Crippen LogP contribution in [0, 0.1) is 6.92 Å². The first-order valence-electron chi connectivity index (χ1n) is 6.88. The average Bonchev–Trinajstić information content (AvgIpc) is 2.40. The standard InChI is InChI=1S/C15H23BrN2O/c1-11-5-6-12(10-13(11)16)15-14(17)4-3-7-18(15)8-9-19-2/h5-6,10,14-15H,3-4,7-9,17H2,1-2H3. The molecule has 0 radical (unpaired) electrons. The van der Waals surface area contributed by atoms with Gasteiger partial charge in [0.05, 0.1) is 12.6 Å². The quantitative estimate of drug-likeness (QED) is 0.924. The molecular formula is C15H23BrN2O. The Hall–Kier alpha value is -0.420. The highest BCUT2D eigenvalue weighted by Crippen LogP contribution is 2.32. The number of hydrogen-bond donors (Lipinski definition) is 1. The van der Waals surface area contributed by atoms with Gasteiger partial charge in [0.25, 0.3) is 0 Å². The molecule has 0 amide bonds. The smallest absolute Gasteiger partial charge is 0.0589 e. The van der Waals surface area contributed by atoms with Gasteiger partial charge in [0.2, 0.25) is 0 Å². The zero-order valence-electron chi connectivity index (χ0n) is 11.7. The number of methoxy groups -OCH3 is 1. The summed E-state index contributed by atoms with van der Waals surface area (Å²) in [5.74, 6) is 0. The van der Waals surface area contributed by atoms with Gasteiger partial charge >= 0.3 is 0 Å². The highest BCUT2D eigenvalue weighted by atomic mass is 79.9. The second-order valence-electron chi connectivity index (χ2n) is 5.29. The van der Waals surface area contributed by atoms with Crippen molar-refractivity contribution < 1.29 is 4.74 Å². The molecule has 106 valence electrons. The van der Waals surface area contributed by atoms with E-state index in [-0.39, 0.29) is 6.04 Å². The molecule has 2 rings (SSSR count). The fourth-order valence-corrected chi connectivity index (χ4v) is 3.20. The molecular weight excluding hydrogens is 304 g/mol. The molecule has 19 heavy (non-hydrogen) atoms. The minimum Gasteiger partial charge on any atom is -0.383 e. The highest BCUT2D eigenvalue weighted by Gasteiger charge is 2.30. The molecule has 0 bridgehead atoms. The molecule has 0 aliphatic carbocycles. The fourth-order valence-electron chi connectivity index (χ4n) is 2.81. The predicted molar refractivity (Wildman–Crippen MR) is 82.3 cm³/mol. The molecule has 1 aromatic carbocycles. The number of rotatable bonds is 4. The molecule has 1 saturated heterocycles. The number of aryl methyl sites for hydroxylation is 1. The van der Waals surface area contributed by atoms with Gasteiger partial charge in [0.15, 0.2) is 0 Å². The van der Waals surface area contributed by atoms with Crippen molar-refractivity contribution in [2.24, 2.45) is 5.73 Å². The van der Waals surface area contributed by atoms with Crippen LogP contribution >= 0.6 is 15.9 Å². The van der Waals surface area contributed by atoms with Crippen molar-refractivity contribution in [2.75, 3.05) is 26.8 Å². The third-order valence-corrected chi connectivity index (χ3v) is 4.76. The summed E-state index contributed by atoms with van der Waals surface area (Å²) in [4.78, 5) is 2.45. The lowest BCUT2D eigenvalue weighted by Gasteiger charge is -2.40. The van der Waals surface area contributed by atoms with Gasteiger partial charge in [0, 0.05) is 24.2 Å². The van der Waals surface area contributed by atoms with Crippen LogP contribution in [0.15, 0.2) is 22.7 Å². The molecule has 1 aromatic rings. The van der Waals surface area contributed by atoms with Crippen molar-refractivity contribution in [3.8, 4) is 0 Å². The van der Waals surface area contributed by atoms with E-state index in [4.69, 9.17) is 10.5 Å². The number of nitrogens with zero attached hydrogens (tertiary/aromatic N) is 1. The van der Waals surface area contributed by atoms with Gasteiger partial charge in [-0.15, -0.1) is 0 Å². The molecule has 1 heterocycles. The Bertz CT molecular complexity index is 425. The summed E-state index contributed by atoms with van der Waals surface area (Å²) in [6, 6.07) is 7.09. The van der Waals surface area contributed by atoms with Crippen LogP contribution in [0.3, 0.4) is 0 Å². The summed E-state index contributed by atoms with van der Waals surface area (Å²) in [6.07, 6.45) is 2.27. The monoisotopic (exact) mass is 326 g/mol. The lowest BCUT2D eigenvalue weighted by molar-refractivity contribution is 0.0848. The van der Waals surface area contributed by atoms with Crippen molar-refractivity contribution in [2.45, 2.75) is 31.8 Å². The van der Waals surface area contributed by atoms with Gasteiger partial charge in [-0.25, -0.2) is 0 Å². The number of halogens is 1. The molecule has 1 aliphatic rings. The van der Waals surface area contributed by atoms with Crippen molar-refractivity contribution in [1.82, 2.24) is 4.90 Å². The maximum absolute atomic E-state index is 6.36. The number of ether oxygens (including phenoxy) is 1. The SMILES string of the molecule is COCCN1CCCC(N)C1c1ccc(C)c(Br)c1. The van der Waals surface area contributed by atoms with Crippen LogP contribution in [0.5, 0.6) is 0 Å². The van der Waals surface area contributed by atoms with E-state index in [2.05, 4.69) is 46.0 Å². The third kappa shape index (κ3) is 3.57. The molecule has 4 heteroatoms. The molecule has 0 aromatic heterocycles. The summed E-state index contributed by atoms with van der Waals surface area (Å²) < 4.78 is 6.38. The van der Waals surface area contributed by atoms with Crippen LogP contribution in [-0.2, 0) is 4.74 Å². The molecule has 0 spiro atoms. The van der Waals surface area contributed by atoms with Crippen LogP contribution in [0.4, 0.5) is 0 Å². The maximum Gasteiger partial charge on any atom is 0.0589 e. The largest absolute Gasteiger partial charge is 0.383 e. The molecule has 2 unspecified atom stereocenters. The van der Waals surface area contributed by atoms with Crippen LogP contribution in [-0.4, -0.2) is 37.7 Å². The molecule has 2 atom stereocenters. The number of benzene rings is 1. The maximum atomic E-state index is 6.36. The first-order valence-corrected chi connectivity index (χ1v) is 7.67. The first-order chi connectivity index (χ1) is 9.13. The topological polar surface area (TPSA) is 38.5 Å². The molecule has 3 nitrogen and oxygen atoms in total. The third-order valence-electron chi connectivity index (χ3n) is 3.90. The summed E-state index contributed by atoms with van der Waals surface area (Å²) >= 11 is 3.62. The Morgan fingerprint density at radius 1 is 1.47 bits per heavy atom. The lowest BCUT2D eigenvalue weighted by atomic mass is 9.90. The second-order valence-corrected chi connectivity index (χ2v) is 6.14. The van der Waals surface area contributed by atoms with Gasteiger partial charge < -0.3 is 10.5 Å². The zero-order chi connectivity index (χ0) is 13.8. The summed E-state index contributed by atoms with van der Waals surface area (Å²) in [7, 11) is 1.75. The van der Waals surface area contributed by atoms with Crippen molar-refractivity contribution >= 4 is 15.9 Å². The number of hydrogen-bond acceptors (Lipinski definition) is 3. The van der Waals surface area contributed by atoms with E-state index in [9.17, 15) is 0 Å². The summed E-state index contributed by atoms with van der Waals surface area (Å²) in [6.45, 7) is 4.92. The number of nitrogens with two attached hydrogens (primary N) is 1. The Labute approximate surface area is 124 Å². The average molecular weight is 327 g/mol.